The van der Waals surface area contributed by atoms with Gasteiger partial charge in [-0.2, -0.15) is 0 Å². The Morgan fingerprint density at radius 2 is 2.10 bits per heavy atom. The highest BCUT2D eigenvalue weighted by molar-refractivity contribution is 5.96. The first-order valence-electron chi connectivity index (χ1n) is 6.78. The van der Waals surface area contributed by atoms with Crippen LogP contribution in [-0.2, 0) is 16.0 Å². The van der Waals surface area contributed by atoms with Crippen LogP contribution in [0.5, 0.6) is 0 Å². The highest BCUT2D eigenvalue weighted by Crippen LogP contribution is 2.27. The molecule has 1 unspecified atom stereocenters. The molecule has 1 aromatic rings. The van der Waals surface area contributed by atoms with Gasteiger partial charge in [0.05, 0.1) is 12.5 Å². The number of carboxylic acids is 1. The summed E-state index contributed by atoms with van der Waals surface area (Å²) in [5, 5.41) is 8.88. The molecule has 5 heteroatoms. The smallest absolute Gasteiger partial charge is 0.307 e. The Kier molecular flexibility index (Phi) is 4.39. The molecule has 1 heterocycles. The van der Waals surface area contributed by atoms with Crippen LogP contribution >= 0.6 is 0 Å². The third-order valence-corrected chi connectivity index (χ3v) is 3.60. The molecule has 0 saturated heterocycles. The van der Waals surface area contributed by atoms with Gasteiger partial charge in [-0.05, 0) is 25.1 Å². The van der Waals surface area contributed by atoms with Crippen LogP contribution in [0.25, 0.3) is 0 Å². The maximum absolute atomic E-state index is 12.3. The molecule has 5 nitrogen and oxygen atoms in total. The number of aliphatic carboxylic acids is 1. The molecule has 0 spiro atoms. The summed E-state index contributed by atoms with van der Waals surface area (Å²) in [4.78, 5) is 26.7. The lowest BCUT2D eigenvalue weighted by Crippen LogP contribution is -2.40. The fourth-order valence-corrected chi connectivity index (χ4v) is 2.52. The van der Waals surface area contributed by atoms with Gasteiger partial charge in [-0.15, -0.1) is 0 Å². The summed E-state index contributed by atoms with van der Waals surface area (Å²) in [5.74, 6) is -1.29. The van der Waals surface area contributed by atoms with Crippen LogP contribution in [0, 0.1) is 5.92 Å². The van der Waals surface area contributed by atoms with Crippen molar-refractivity contribution in [1.29, 1.82) is 0 Å². The topological polar surface area (TPSA) is 60.9 Å². The molecule has 108 valence electrons. The van der Waals surface area contributed by atoms with Crippen molar-refractivity contribution in [2.75, 3.05) is 31.6 Å². The third kappa shape index (κ3) is 3.17. The molecule has 0 aromatic heterocycles. The molecule has 20 heavy (non-hydrogen) atoms. The maximum Gasteiger partial charge on any atom is 0.307 e. The molecule has 0 bridgehead atoms. The Morgan fingerprint density at radius 3 is 2.80 bits per heavy atom. The summed E-state index contributed by atoms with van der Waals surface area (Å²) in [6, 6.07) is 7.91. The van der Waals surface area contributed by atoms with E-state index in [1.807, 2.05) is 24.3 Å². The number of benzene rings is 1. The van der Waals surface area contributed by atoms with E-state index in [1.54, 1.807) is 23.8 Å². The van der Waals surface area contributed by atoms with Crippen LogP contribution < -0.4 is 4.90 Å². The number of carboxylic acid groups (broad SMARTS) is 1. The molecule has 0 fully saturated rings. The van der Waals surface area contributed by atoms with Crippen molar-refractivity contribution in [1.82, 2.24) is 4.90 Å². The van der Waals surface area contributed by atoms with Crippen LogP contribution in [0.15, 0.2) is 24.3 Å². The summed E-state index contributed by atoms with van der Waals surface area (Å²) in [5.41, 5.74) is 2.18. The van der Waals surface area contributed by atoms with E-state index >= 15 is 0 Å². The Bertz CT molecular complexity index is 516. The Balaban J connectivity index is 1.95. The first-order chi connectivity index (χ1) is 9.49. The van der Waals surface area contributed by atoms with E-state index < -0.39 is 11.9 Å². The minimum absolute atomic E-state index is 0.0232. The Labute approximate surface area is 118 Å². The zero-order chi connectivity index (χ0) is 14.7. The van der Waals surface area contributed by atoms with Crippen molar-refractivity contribution in [2.24, 2.45) is 5.92 Å². The quantitative estimate of drug-likeness (QED) is 0.878. The lowest BCUT2D eigenvalue weighted by molar-refractivity contribution is -0.142. The van der Waals surface area contributed by atoms with E-state index in [-0.39, 0.29) is 12.5 Å². The lowest BCUT2D eigenvalue weighted by atomic mass is 10.2. The van der Waals surface area contributed by atoms with Crippen molar-refractivity contribution in [3.8, 4) is 0 Å². The SMILES string of the molecule is CC(CN(C)CC(=O)N1CCc2ccccc21)C(=O)O. The van der Waals surface area contributed by atoms with Crippen molar-refractivity contribution in [2.45, 2.75) is 13.3 Å². The number of anilines is 1. The molecule has 0 radical (unpaired) electrons. The molecule has 1 N–H and O–H groups in total. The van der Waals surface area contributed by atoms with E-state index in [0.717, 1.165) is 12.1 Å². The van der Waals surface area contributed by atoms with Crippen LogP contribution in [0.3, 0.4) is 0 Å². The van der Waals surface area contributed by atoms with Gasteiger partial charge in [0.2, 0.25) is 5.91 Å². The fraction of sp³-hybridized carbons (Fsp3) is 0.467. The van der Waals surface area contributed by atoms with Gasteiger partial charge < -0.3 is 10.0 Å². The summed E-state index contributed by atoms with van der Waals surface area (Å²) in [6.45, 7) is 2.97. The Morgan fingerprint density at radius 1 is 1.40 bits per heavy atom. The number of likely N-dealkylation sites (N-methyl/N-ethyl adjacent to an activating group) is 1. The van der Waals surface area contributed by atoms with E-state index in [9.17, 15) is 9.59 Å². The fourth-order valence-electron chi connectivity index (χ4n) is 2.52. The number of hydrogen-bond donors (Lipinski definition) is 1. The first-order valence-corrected chi connectivity index (χ1v) is 6.78. The van der Waals surface area contributed by atoms with E-state index in [1.165, 1.54) is 5.56 Å². The first kappa shape index (κ1) is 14.5. The summed E-state index contributed by atoms with van der Waals surface area (Å²) in [7, 11) is 1.78. The third-order valence-electron chi connectivity index (χ3n) is 3.60. The average molecular weight is 276 g/mol. The van der Waals surface area contributed by atoms with Crippen molar-refractivity contribution < 1.29 is 14.7 Å². The predicted molar refractivity (Wildman–Crippen MR) is 76.8 cm³/mol. The van der Waals surface area contributed by atoms with E-state index in [4.69, 9.17) is 5.11 Å². The number of carbonyl (C=O) groups is 2. The molecule has 1 amide bonds. The zero-order valence-electron chi connectivity index (χ0n) is 11.9. The molecular weight excluding hydrogens is 256 g/mol. The summed E-state index contributed by atoms with van der Waals surface area (Å²) >= 11 is 0. The van der Waals surface area contributed by atoms with Gasteiger partial charge in [-0.3, -0.25) is 14.5 Å². The van der Waals surface area contributed by atoms with Gasteiger partial charge in [0.15, 0.2) is 0 Å². The van der Waals surface area contributed by atoms with E-state index in [0.29, 0.717) is 13.1 Å². The zero-order valence-corrected chi connectivity index (χ0v) is 11.9. The molecular formula is C15H20N2O3. The van der Waals surface area contributed by atoms with Gasteiger partial charge in [0, 0.05) is 18.8 Å². The second-order valence-electron chi connectivity index (χ2n) is 5.36. The molecule has 2 rings (SSSR count). The van der Waals surface area contributed by atoms with Crippen molar-refractivity contribution in [3.63, 3.8) is 0 Å². The molecule has 1 aromatic carbocycles. The minimum Gasteiger partial charge on any atom is -0.481 e. The molecule has 1 atom stereocenters. The largest absolute Gasteiger partial charge is 0.481 e. The highest BCUT2D eigenvalue weighted by Gasteiger charge is 2.25. The number of carbonyl (C=O) groups excluding carboxylic acids is 1. The van der Waals surface area contributed by atoms with Gasteiger partial charge >= 0.3 is 5.97 Å². The molecule has 0 aliphatic carbocycles. The molecule has 0 saturated carbocycles. The van der Waals surface area contributed by atoms with Gasteiger partial charge in [0.25, 0.3) is 0 Å². The molecule has 1 aliphatic rings. The Hall–Kier alpha value is -1.88. The van der Waals surface area contributed by atoms with Crippen LogP contribution in [0.4, 0.5) is 5.69 Å². The normalized spacial score (nSPS) is 15.2. The maximum atomic E-state index is 12.3. The predicted octanol–water partition coefficient (Wildman–Crippen LogP) is 1.23. The highest BCUT2D eigenvalue weighted by atomic mass is 16.4. The minimum atomic E-state index is -0.837. The van der Waals surface area contributed by atoms with Crippen molar-refractivity contribution >= 4 is 17.6 Å². The van der Waals surface area contributed by atoms with Crippen LogP contribution in [0.1, 0.15) is 12.5 Å². The number of para-hydroxylation sites is 1. The van der Waals surface area contributed by atoms with E-state index in [2.05, 4.69) is 0 Å². The second-order valence-corrected chi connectivity index (χ2v) is 5.36. The lowest BCUT2D eigenvalue weighted by Gasteiger charge is -2.23. The number of hydrogen-bond acceptors (Lipinski definition) is 3. The number of amides is 1. The summed E-state index contributed by atoms with van der Waals surface area (Å²) < 4.78 is 0. The van der Waals surface area contributed by atoms with Gasteiger partial charge in [0.1, 0.15) is 0 Å². The second kappa shape index (κ2) is 6.05. The number of fused-ring (bicyclic) bond motifs is 1. The summed E-state index contributed by atoms with van der Waals surface area (Å²) in [6.07, 6.45) is 0.886. The van der Waals surface area contributed by atoms with Crippen molar-refractivity contribution in [3.05, 3.63) is 29.8 Å². The number of nitrogens with zero attached hydrogens (tertiary/aromatic N) is 2. The van der Waals surface area contributed by atoms with Gasteiger partial charge in [-0.1, -0.05) is 25.1 Å². The van der Waals surface area contributed by atoms with Crippen LogP contribution in [-0.4, -0.2) is 48.6 Å². The number of rotatable bonds is 5. The molecule has 1 aliphatic heterocycles. The monoisotopic (exact) mass is 276 g/mol. The average Bonchev–Trinajstić information content (AvgIpc) is 2.82. The van der Waals surface area contributed by atoms with Gasteiger partial charge in [-0.25, -0.2) is 0 Å². The van der Waals surface area contributed by atoms with Crippen LogP contribution in [0.2, 0.25) is 0 Å². The standard InChI is InChI=1S/C15H20N2O3/c1-11(15(19)20)9-16(2)10-14(18)17-8-7-12-5-3-4-6-13(12)17/h3-6,11H,7-10H2,1-2H3,(H,19,20).